The highest BCUT2D eigenvalue weighted by atomic mass is 16.4. The number of amides is 5. The van der Waals surface area contributed by atoms with Crippen LogP contribution in [0.1, 0.15) is 45.6 Å². The van der Waals surface area contributed by atoms with Crippen molar-refractivity contribution in [3.8, 4) is 0 Å². The minimum atomic E-state index is -1.52. The van der Waals surface area contributed by atoms with E-state index in [1.807, 2.05) is 0 Å². The number of carboxylic acids is 3. The standard InChI is InChI=1S/C27H38N6O11/c1-13(30-25(41)18(9-10-20(34)35)32-24(40)17(28)12-21(36)37)22(38)29-14(2)23(39)33-19(11-16-7-5-4-6-8-16)26(42)31-15(3)27(43)44/h4-8,13-15,17-19H,9-12,28H2,1-3H3,(H,29,38)(H,30,41)(H,31,42)(H,32,40)(H,33,39)(H,34,35)(H,36,37)(H,43,44)/t13-,14-,15-,17-,18-,19-/m0/s1. The number of nitrogens with one attached hydrogen (secondary N) is 5. The van der Waals surface area contributed by atoms with Crippen molar-refractivity contribution in [2.24, 2.45) is 5.73 Å². The molecule has 0 bridgehead atoms. The molecule has 17 nitrogen and oxygen atoms in total. The molecule has 0 aliphatic carbocycles. The number of hydrogen-bond acceptors (Lipinski definition) is 9. The number of carbonyl (C=O) groups excluding carboxylic acids is 5. The first kappa shape index (κ1) is 37.0. The van der Waals surface area contributed by atoms with E-state index in [2.05, 4.69) is 26.6 Å². The zero-order chi connectivity index (χ0) is 33.6. The van der Waals surface area contributed by atoms with E-state index in [0.29, 0.717) is 5.56 Å². The van der Waals surface area contributed by atoms with Gasteiger partial charge in [-0.15, -0.1) is 0 Å². The summed E-state index contributed by atoms with van der Waals surface area (Å²) in [4.78, 5) is 96.4. The van der Waals surface area contributed by atoms with Crippen LogP contribution in [-0.4, -0.2) is 99.0 Å². The first-order chi connectivity index (χ1) is 20.5. The molecular weight excluding hydrogens is 584 g/mol. The zero-order valence-electron chi connectivity index (χ0n) is 24.4. The summed E-state index contributed by atoms with van der Waals surface area (Å²) < 4.78 is 0. The van der Waals surface area contributed by atoms with Gasteiger partial charge in [-0.2, -0.15) is 0 Å². The van der Waals surface area contributed by atoms with Gasteiger partial charge >= 0.3 is 17.9 Å². The Kier molecular flexibility index (Phi) is 14.9. The maximum atomic E-state index is 12.9. The largest absolute Gasteiger partial charge is 0.481 e. The maximum absolute atomic E-state index is 12.9. The lowest BCUT2D eigenvalue weighted by atomic mass is 10.0. The molecule has 0 radical (unpaired) electrons. The Labute approximate surface area is 252 Å². The van der Waals surface area contributed by atoms with Crippen molar-refractivity contribution in [2.75, 3.05) is 0 Å². The van der Waals surface area contributed by atoms with E-state index < -0.39 is 103 Å². The molecule has 17 heteroatoms. The molecule has 0 spiro atoms. The Morgan fingerprint density at radius 3 is 1.64 bits per heavy atom. The molecule has 1 rings (SSSR count). The highest BCUT2D eigenvalue weighted by molar-refractivity contribution is 5.96. The molecule has 0 saturated heterocycles. The summed E-state index contributed by atoms with van der Waals surface area (Å²) in [5, 5.41) is 38.5. The van der Waals surface area contributed by atoms with Gasteiger partial charge in [0, 0.05) is 12.8 Å². The number of carboxylic acid groups (broad SMARTS) is 3. The van der Waals surface area contributed by atoms with E-state index in [1.165, 1.54) is 20.8 Å². The van der Waals surface area contributed by atoms with Gasteiger partial charge in [0.2, 0.25) is 29.5 Å². The molecule has 0 fully saturated rings. The van der Waals surface area contributed by atoms with Crippen LogP contribution in [0.5, 0.6) is 0 Å². The number of nitrogens with two attached hydrogens (primary N) is 1. The van der Waals surface area contributed by atoms with E-state index in [9.17, 15) is 38.4 Å². The molecule has 0 aliphatic rings. The minimum Gasteiger partial charge on any atom is -0.481 e. The predicted molar refractivity (Wildman–Crippen MR) is 152 cm³/mol. The molecule has 0 unspecified atom stereocenters. The van der Waals surface area contributed by atoms with Gasteiger partial charge in [0.05, 0.1) is 12.5 Å². The summed E-state index contributed by atoms with van der Waals surface area (Å²) >= 11 is 0. The lowest BCUT2D eigenvalue weighted by Crippen LogP contribution is -2.58. The second kappa shape index (κ2) is 17.8. The van der Waals surface area contributed by atoms with Crippen LogP contribution in [0.15, 0.2) is 30.3 Å². The summed E-state index contributed by atoms with van der Waals surface area (Å²) in [6, 6.07) is 0.620. The fourth-order valence-electron chi connectivity index (χ4n) is 3.61. The highest BCUT2D eigenvalue weighted by Gasteiger charge is 2.30. The van der Waals surface area contributed by atoms with E-state index in [1.54, 1.807) is 30.3 Å². The average molecular weight is 623 g/mol. The number of benzene rings is 1. The normalized spacial score (nSPS) is 14.7. The molecule has 5 amide bonds. The second-order valence-corrected chi connectivity index (χ2v) is 9.98. The number of rotatable bonds is 18. The molecule has 6 atom stereocenters. The fourth-order valence-corrected chi connectivity index (χ4v) is 3.61. The first-order valence-electron chi connectivity index (χ1n) is 13.5. The van der Waals surface area contributed by atoms with Crippen molar-refractivity contribution < 1.29 is 53.7 Å². The molecule has 0 aromatic heterocycles. The van der Waals surface area contributed by atoms with Crippen LogP contribution in [0.3, 0.4) is 0 Å². The van der Waals surface area contributed by atoms with Crippen molar-refractivity contribution in [3.63, 3.8) is 0 Å². The SMILES string of the molecule is C[C@H](NC(=O)[C@H](Cc1ccccc1)NC(=O)[C@H](C)NC(=O)[C@H](C)NC(=O)[C@H](CCC(=O)O)NC(=O)[C@@H](N)CC(=O)O)C(=O)O. The molecule has 1 aromatic rings. The van der Waals surface area contributed by atoms with Crippen LogP contribution in [0, 0.1) is 0 Å². The summed E-state index contributed by atoms with van der Waals surface area (Å²) in [7, 11) is 0. The van der Waals surface area contributed by atoms with Crippen molar-refractivity contribution in [2.45, 2.75) is 82.7 Å². The van der Waals surface area contributed by atoms with Crippen LogP contribution in [0.4, 0.5) is 0 Å². The molecule has 242 valence electrons. The van der Waals surface area contributed by atoms with Gasteiger partial charge < -0.3 is 47.6 Å². The monoisotopic (exact) mass is 622 g/mol. The summed E-state index contributed by atoms with van der Waals surface area (Å²) in [5.41, 5.74) is 6.16. The third-order valence-corrected chi connectivity index (χ3v) is 6.16. The molecule has 0 saturated carbocycles. The molecule has 1 aromatic carbocycles. The van der Waals surface area contributed by atoms with Crippen molar-refractivity contribution >= 4 is 47.4 Å². The predicted octanol–water partition coefficient (Wildman–Crippen LogP) is -2.54. The summed E-state index contributed by atoms with van der Waals surface area (Å²) in [5.74, 6) is -8.34. The molecule has 10 N–H and O–H groups in total. The van der Waals surface area contributed by atoms with Crippen molar-refractivity contribution in [3.05, 3.63) is 35.9 Å². The first-order valence-corrected chi connectivity index (χ1v) is 13.5. The smallest absolute Gasteiger partial charge is 0.325 e. The zero-order valence-corrected chi connectivity index (χ0v) is 24.4. The molecule has 0 aliphatic heterocycles. The Morgan fingerprint density at radius 1 is 0.636 bits per heavy atom. The van der Waals surface area contributed by atoms with Crippen LogP contribution in [0.25, 0.3) is 0 Å². The number of carbonyl (C=O) groups is 8. The van der Waals surface area contributed by atoms with E-state index in [0.717, 1.165) is 0 Å². The lowest BCUT2D eigenvalue weighted by molar-refractivity contribution is -0.142. The van der Waals surface area contributed by atoms with Crippen LogP contribution >= 0.6 is 0 Å². The van der Waals surface area contributed by atoms with E-state index >= 15 is 0 Å². The number of hydrogen-bond donors (Lipinski definition) is 9. The van der Waals surface area contributed by atoms with Gasteiger partial charge in [0.25, 0.3) is 0 Å². The molecular formula is C27H38N6O11. The maximum Gasteiger partial charge on any atom is 0.325 e. The fraction of sp³-hybridized carbons (Fsp3) is 0.481. The van der Waals surface area contributed by atoms with Gasteiger partial charge in [-0.1, -0.05) is 30.3 Å². The summed E-state index contributed by atoms with van der Waals surface area (Å²) in [6.07, 6.45) is -1.68. The van der Waals surface area contributed by atoms with Crippen LogP contribution < -0.4 is 32.3 Å². The lowest BCUT2D eigenvalue weighted by Gasteiger charge is -2.24. The summed E-state index contributed by atoms with van der Waals surface area (Å²) in [6.45, 7) is 3.81. The van der Waals surface area contributed by atoms with Gasteiger partial charge in [-0.3, -0.25) is 38.4 Å². The molecule has 0 heterocycles. The van der Waals surface area contributed by atoms with Gasteiger partial charge in [0.1, 0.15) is 30.2 Å². The second-order valence-electron chi connectivity index (χ2n) is 9.98. The third kappa shape index (κ3) is 13.3. The van der Waals surface area contributed by atoms with Crippen LogP contribution in [-0.2, 0) is 44.8 Å². The van der Waals surface area contributed by atoms with Gasteiger partial charge in [-0.05, 0) is 32.8 Å². The van der Waals surface area contributed by atoms with Gasteiger partial charge in [0.15, 0.2) is 0 Å². The quantitative estimate of drug-likeness (QED) is 0.0819. The van der Waals surface area contributed by atoms with Gasteiger partial charge in [-0.25, -0.2) is 0 Å². The topological polar surface area (TPSA) is 283 Å². The van der Waals surface area contributed by atoms with E-state index in [-0.39, 0.29) is 6.42 Å². The highest BCUT2D eigenvalue weighted by Crippen LogP contribution is 2.05. The van der Waals surface area contributed by atoms with Crippen molar-refractivity contribution in [1.82, 2.24) is 26.6 Å². The average Bonchev–Trinajstić information content (AvgIpc) is 2.94. The number of aliphatic carboxylic acids is 3. The van der Waals surface area contributed by atoms with Crippen molar-refractivity contribution in [1.29, 1.82) is 0 Å². The van der Waals surface area contributed by atoms with E-state index in [4.69, 9.17) is 21.1 Å². The third-order valence-electron chi connectivity index (χ3n) is 6.16. The Bertz CT molecular complexity index is 1230. The Morgan fingerprint density at radius 2 is 1.11 bits per heavy atom. The van der Waals surface area contributed by atoms with Crippen LogP contribution in [0.2, 0.25) is 0 Å². The molecule has 44 heavy (non-hydrogen) atoms. The Balaban J connectivity index is 2.89. The Hall–Kier alpha value is -5.06. The minimum absolute atomic E-state index is 0.0114.